The van der Waals surface area contributed by atoms with Gasteiger partial charge in [0.05, 0.1) is 23.7 Å². The summed E-state index contributed by atoms with van der Waals surface area (Å²) < 4.78 is 38.2. The van der Waals surface area contributed by atoms with E-state index in [1.807, 2.05) is 0 Å². The van der Waals surface area contributed by atoms with E-state index in [0.717, 1.165) is 5.57 Å². The molecule has 3 heterocycles. The number of aromatic nitrogens is 3. The largest absolute Gasteiger partial charge is 0.392 e. The molecule has 1 aliphatic carbocycles. The van der Waals surface area contributed by atoms with Gasteiger partial charge in [-0.05, 0) is 36.3 Å². The molecule has 2 unspecified atom stereocenters. The van der Waals surface area contributed by atoms with E-state index in [1.165, 1.54) is 12.3 Å². The summed E-state index contributed by atoms with van der Waals surface area (Å²) in [6, 6.07) is -0.0663. The first-order valence-corrected chi connectivity index (χ1v) is 11.6. The van der Waals surface area contributed by atoms with Gasteiger partial charge >= 0.3 is 6.18 Å². The van der Waals surface area contributed by atoms with Gasteiger partial charge in [-0.1, -0.05) is 26.5 Å². The van der Waals surface area contributed by atoms with Gasteiger partial charge in [0, 0.05) is 25.8 Å². The Bertz CT molecular complexity index is 1160. The zero-order valence-electron chi connectivity index (χ0n) is 19.7. The number of aromatic amines is 1. The van der Waals surface area contributed by atoms with Crippen LogP contribution in [0.1, 0.15) is 37.0 Å². The van der Waals surface area contributed by atoms with E-state index in [0.29, 0.717) is 36.5 Å². The number of piperidine rings is 1. The predicted octanol–water partition coefficient (Wildman–Crippen LogP) is 3.67. The van der Waals surface area contributed by atoms with Crippen molar-refractivity contribution >= 4 is 28.8 Å². The monoisotopic (exact) mass is 490 g/mol. The molecule has 1 saturated heterocycles. The molecular formula is C24H29F3N6O2. The molecule has 0 radical (unpaired) electrons. The molecule has 35 heavy (non-hydrogen) atoms. The van der Waals surface area contributed by atoms with Gasteiger partial charge in [0.25, 0.3) is 5.91 Å². The van der Waals surface area contributed by atoms with Crippen molar-refractivity contribution in [3.63, 3.8) is 0 Å². The number of halogens is 3. The number of rotatable bonds is 7. The molecule has 3 atom stereocenters. The fourth-order valence-electron chi connectivity index (χ4n) is 4.46. The molecule has 2 aliphatic rings. The number of alkyl halides is 3. The molecule has 2 fully saturated rings. The second-order valence-corrected chi connectivity index (χ2v) is 9.44. The molecule has 1 saturated carbocycles. The lowest BCUT2D eigenvalue weighted by Crippen LogP contribution is -2.43. The number of carbonyl (C=O) groups is 2. The highest BCUT2D eigenvalue weighted by Gasteiger charge is 2.55. The number of nitrogens with zero attached hydrogens (tertiary/aromatic N) is 3. The molecular weight excluding hydrogens is 461 g/mol. The smallest absolute Gasteiger partial charge is 0.362 e. The van der Waals surface area contributed by atoms with Crippen LogP contribution in [0.3, 0.4) is 0 Å². The van der Waals surface area contributed by atoms with Crippen LogP contribution in [0.15, 0.2) is 36.7 Å². The van der Waals surface area contributed by atoms with Crippen molar-refractivity contribution in [2.24, 2.45) is 17.8 Å². The fraction of sp³-hybridized carbons (Fsp3) is 0.500. The normalized spacial score (nSPS) is 23.5. The minimum Gasteiger partial charge on any atom is -0.362 e. The maximum absolute atomic E-state index is 12.7. The average Bonchev–Trinajstić information content (AvgIpc) is 3.49. The van der Waals surface area contributed by atoms with Crippen molar-refractivity contribution in [2.75, 3.05) is 25.0 Å². The van der Waals surface area contributed by atoms with Crippen LogP contribution in [-0.2, 0) is 4.79 Å². The van der Waals surface area contributed by atoms with E-state index in [-0.39, 0.29) is 36.4 Å². The van der Waals surface area contributed by atoms with Crippen LogP contribution >= 0.6 is 0 Å². The zero-order chi connectivity index (χ0) is 25.3. The second-order valence-electron chi connectivity index (χ2n) is 9.44. The maximum atomic E-state index is 12.7. The van der Waals surface area contributed by atoms with Crippen molar-refractivity contribution in [1.29, 1.82) is 0 Å². The molecule has 0 bridgehead atoms. The van der Waals surface area contributed by atoms with Crippen LogP contribution in [0.2, 0.25) is 0 Å². The Kier molecular flexibility index (Phi) is 6.86. The van der Waals surface area contributed by atoms with E-state index in [9.17, 15) is 22.8 Å². The van der Waals surface area contributed by atoms with Crippen molar-refractivity contribution in [3.8, 4) is 0 Å². The maximum Gasteiger partial charge on any atom is 0.392 e. The number of carbonyl (C=O) groups excluding carboxylic acids is 2. The molecule has 3 N–H and O–H groups in total. The van der Waals surface area contributed by atoms with Crippen LogP contribution in [-0.4, -0.2) is 63.5 Å². The number of fused-ring (bicyclic) bond motifs is 1. The third-order valence-corrected chi connectivity index (χ3v) is 6.36. The third kappa shape index (κ3) is 5.66. The van der Waals surface area contributed by atoms with Gasteiger partial charge in [-0.2, -0.15) is 13.2 Å². The van der Waals surface area contributed by atoms with Crippen molar-refractivity contribution in [1.82, 2.24) is 25.2 Å². The van der Waals surface area contributed by atoms with E-state index in [1.54, 1.807) is 11.1 Å². The van der Waals surface area contributed by atoms with Gasteiger partial charge in [-0.3, -0.25) is 9.59 Å². The van der Waals surface area contributed by atoms with Gasteiger partial charge < -0.3 is 20.5 Å². The number of anilines is 1. The third-order valence-electron chi connectivity index (χ3n) is 6.36. The highest BCUT2D eigenvalue weighted by atomic mass is 19.4. The summed E-state index contributed by atoms with van der Waals surface area (Å²) >= 11 is 0. The summed E-state index contributed by atoms with van der Waals surface area (Å²) in [5.74, 6) is -1.79. The van der Waals surface area contributed by atoms with Crippen LogP contribution in [0.25, 0.3) is 11.2 Å². The topological polar surface area (TPSA) is 103 Å². The molecule has 2 aromatic heterocycles. The van der Waals surface area contributed by atoms with Gasteiger partial charge in [-0.25, -0.2) is 9.97 Å². The predicted molar refractivity (Wildman–Crippen MR) is 126 cm³/mol. The standard InChI is InChI=1S/C24H29F3N6O2/c1-4-20(34)33-6-5-18(15(12-33)7-13(2)3)31-19-11-29-22-21(32-19)16(10-28-22)23(35)30-9-14-8-17(14)24(25,26)27/h4,7,10-11,13-14,17-18H,1,5-6,8-9,12H2,2-3H3,(H,28,29)(H,30,35)(H,31,32)/b15-7-/t14?,17-,18?/m1/s1. The van der Waals surface area contributed by atoms with Gasteiger partial charge in [-0.15, -0.1) is 0 Å². The van der Waals surface area contributed by atoms with Crippen molar-refractivity contribution < 1.29 is 22.8 Å². The van der Waals surface area contributed by atoms with E-state index < -0.39 is 23.9 Å². The SMILES string of the molecule is C=CC(=O)N1CCC(Nc2cnc3[nH]cc(C(=O)NCC4C[C@H]4C(F)(F)F)c3n2)/C(=C\C(C)C)C1. The summed E-state index contributed by atoms with van der Waals surface area (Å²) in [6.45, 7) is 8.70. The lowest BCUT2D eigenvalue weighted by molar-refractivity contribution is -0.150. The van der Waals surface area contributed by atoms with E-state index in [4.69, 9.17) is 0 Å². The molecule has 2 amide bonds. The minimum atomic E-state index is -4.22. The minimum absolute atomic E-state index is 0.0353. The summed E-state index contributed by atoms with van der Waals surface area (Å²) in [5.41, 5.74) is 2.03. The van der Waals surface area contributed by atoms with Crippen molar-refractivity contribution in [2.45, 2.75) is 38.9 Å². The quantitative estimate of drug-likeness (QED) is 0.406. The number of likely N-dealkylation sites (tertiary alicyclic amines) is 1. The molecule has 4 rings (SSSR count). The van der Waals surface area contributed by atoms with Crippen LogP contribution < -0.4 is 10.6 Å². The Morgan fingerprint density at radius 2 is 2.14 bits per heavy atom. The summed E-state index contributed by atoms with van der Waals surface area (Å²) in [7, 11) is 0. The molecule has 8 nitrogen and oxygen atoms in total. The Hall–Kier alpha value is -3.37. The van der Waals surface area contributed by atoms with Gasteiger partial charge in [0.2, 0.25) is 5.91 Å². The number of amides is 2. The summed E-state index contributed by atoms with van der Waals surface area (Å²) in [4.78, 5) is 38.3. The fourth-order valence-corrected chi connectivity index (χ4v) is 4.46. The van der Waals surface area contributed by atoms with Crippen LogP contribution in [0, 0.1) is 17.8 Å². The average molecular weight is 491 g/mol. The molecule has 0 spiro atoms. The van der Waals surface area contributed by atoms with Gasteiger partial charge in [0.15, 0.2) is 5.65 Å². The van der Waals surface area contributed by atoms with Crippen molar-refractivity contribution in [3.05, 3.63) is 42.3 Å². The van der Waals surface area contributed by atoms with Crippen LogP contribution in [0.5, 0.6) is 0 Å². The highest BCUT2D eigenvalue weighted by molar-refractivity contribution is 6.04. The highest BCUT2D eigenvalue weighted by Crippen LogP contribution is 2.49. The zero-order valence-corrected chi connectivity index (χ0v) is 19.7. The van der Waals surface area contributed by atoms with E-state index in [2.05, 4.69) is 52.1 Å². The van der Waals surface area contributed by atoms with Crippen LogP contribution in [0.4, 0.5) is 19.0 Å². The number of nitrogens with one attached hydrogen (secondary N) is 3. The molecule has 2 aromatic rings. The Morgan fingerprint density at radius 3 is 2.80 bits per heavy atom. The van der Waals surface area contributed by atoms with E-state index >= 15 is 0 Å². The number of H-pyrrole nitrogens is 1. The molecule has 0 aromatic carbocycles. The first kappa shape index (κ1) is 24.7. The Balaban J connectivity index is 1.46. The number of allylic oxidation sites excluding steroid dienone is 1. The molecule has 188 valence electrons. The second kappa shape index (κ2) is 9.71. The summed E-state index contributed by atoms with van der Waals surface area (Å²) in [5, 5.41) is 5.96. The Labute approximate surface area is 201 Å². The van der Waals surface area contributed by atoms with Gasteiger partial charge in [0.1, 0.15) is 11.3 Å². The Morgan fingerprint density at radius 1 is 1.37 bits per heavy atom. The first-order valence-electron chi connectivity index (χ1n) is 11.6. The molecule has 11 heteroatoms. The lowest BCUT2D eigenvalue weighted by Gasteiger charge is -2.35. The number of hydrogen-bond donors (Lipinski definition) is 3. The lowest BCUT2D eigenvalue weighted by atomic mass is 9.95. The number of hydrogen-bond acceptors (Lipinski definition) is 5. The molecule has 1 aliphatic heterocycles. The summed E-state index contributed by atoms with van der Waals surface area (Å²) in [6.07, 6.45) is 2.93. The first-order chi connectivity index (χ1) is 16.6.